The van der Waals surface area contributed by atoms with Crippen LogP contribution in [-0.4, -0.2) is 158 Å². The van der Waals surface area contributed by atoms with Crippen LogP contribution in [0.25, 0.3) is 0 Å². The Kier molecular flexibility index (Phi) is 18.6. The number of likely N-dealkylation sites (N-methyl/N-ethyl adjacent to an activating group) is 1. The number of fused-ring (bicyclic) bond motifs is 2. The second-order valence-electron chi connectivity index (χ2n) is 19.8. The van der Waals surface area contributed by atoms with Crippen molar-refractivity contribution in [2.75, 3.05) is 34.4 Å². The fourth-order valence-electron chi connectivity index (χ4n) is 11.1. The van der Waals surface area contributed by atoms with Crippen molar-refractivity contribution in [3.8, 4) is 0 Å². The van der Waals surface area contributed by atoms with Crippen molar-refractivity contribution in [1.29, 1.82) is 0 Å². The van der Waals surface area contributed by atoms with Gasteiger partial charge in [-0.15, -0.1) is 5.10 Å². The summed E-state index contributed by atoms with van der Waals surface area (Å²) in [7, 11) is 4.80. The molecule has 0 unspecified atom stereocenters. The molecule has 1 aromatic carbocycles. The van der Waals surface area contributed by atoms with Gasteiger partial charge in [-0.05, 0) is 78.7 Å². The maximum atomic E-state index is 14.7. The Bertz CT molecular complexity index is 2100. The van der Waals surface area contributed by atoms with Crippen LogP contribution in [0.5, 0.6) is 0 Å². The Morgan fingerprint density at radius 1 is 0.913 bits per heavy atom. The smallest absolute Gasteiger partial charge is 0.253 e. The molecule has 1 aromatic heterocycles. The van der Waals surface area contributed by atoms with Gasteiger partial charge in [0.25, 0.3) is 11.8 Å². The molecule has 6 rings (SSSR count). The number of tetrazole rings is 1. The summed E-state index contributed by atoms with van der Waals surface area (Å²) in [6.45, 7) is 10.4. The first kappa shape index (κ1) is 52.8. The first-order valence-corrected chi connectivity index (χ1v) is 24.9. The van der Waals surface area contributed by atoms with Crippen molar-refractivity contribution in [3.05, 3.63) is 53.9 Å². The van der Waals surface area contributed by atoms with Gasteiger partial charge < -0.3 is 34.8 Å². The molecule has 3 aliphatic heterocycles. The predicted octanol–water partition coefficient (Wildman–Crippen LogP) is 3.53. The van der Waals surface area contributed by atoms with E-state index in [1.807, 2.05) is 58.0 Å². The number of benzene rings is 1. The van der Waals surface area contributed by atoms with Gasteiger partial charge in [-0.1, -0.05) is 77.8 Å². The molecular weight excluding hydrogens is 885 g/mol. The lowest BCUT2D eigenvalue weighted by Gasteiger charge is -2.41. The Balaban J connectivity index is 1.08. The summed E-state index contributed by atoms with van der Waals surface area (Å²) in [6.07, 6.45) is 8.09. The molecule has 11 atom stereocenters. The number of aromatic amines is 1. The van der Waals surface area contributed by atoms with Crippen LogP contribution in [0, 0.1) is 23.7 Å². The Labute approximate surface area is 406 Å². The maximum Gasteiger partial charge on any atom is 0.253 e. The molecule has 19 heteroatoms. The fourth-order valence-corrected chi connectivity index (χ4v) is 11.1. The summed E-state index contributed by atoms with van der Waals surface area (Å²) in [4.78, 5) is 101. The molecule has 4 aliphatic rings. The molecule has 3 fully saturated rings. The third-order valence-electron chi connectivity index (χ3n) is 15.1. The number of unbranched alkanes of at least 4 members (excludes halogenated alkanes) is 2. The van der Waals surface area contributed by atoms with Crippen molar-refractivity contribution in [2.24, 2.45) is 23.7 Å². The van der Waals surface area contributed by atoms with Gasteiger partial charge in [0.1, 0.15) is 12.1 Å². The van der Waals surface area contributed by atoms with Crippen molar-refractivity contribution in [3.63, 3.8) is 0 Å². The first-order valence-electron chi connectivity index (χ1n) is 24.9. The number of methoxy groups -OCH3 is 2. The summed E-state index contributed by atoms with van der Waals surface area (Å²) in [5, 5.41) is 20.5. The summed E-state index contributed by atoms with van der Waals surface area (Å²) in [6, 6.07) is 6.63. The topological polar surface area (TPSA) is 229 Å². The van der Waals surface area contributed by atoms with Crippen LogP contribution in [0.4, 0.5) is 0 Å². The number of hydrogen-bond donors (Lipinski definition) is 3. The number of imide groups is 1. The summed E-state index contributed by atoms with van der Waals surface area (Å²) >= 11 is 0. The molecule has 69 heavy (non-hydrogen) atoms. The highest BCUT2D eigenvalue weighted by atomic mass is 16.5. The average molecular weight is 959 g/mol. The van der Waals surface area contributed by atoms with E-state index in [0.717, 1.165) is 31.2 Å². The molecule has 2 aromatic rings. The number of rotatable bonds is 25. The van der Waals surface area contributed by atoms with Gasteiger partial charge in [-0.25, -0.2) is 5.10 Å². The number of nitrogens with one attached hydrogen (secondary N) is 3. The number of amides is 7. The highest BCUT2D eigenvalue weighted by molar-refractivity contribution is 6.12. The molecule has 1 aliphatic carbocycles. The Morgan fingerprint density at radius 3 is 2.28 bits per heavy atom. The number of H-pyrrole nitrogens is 1. The lowest BCUT2D eigenvalue weighted by molar-refractivity contribution is -0.149. The third kappa shape index (κ3) is 12.4. The van der Waals surface area contributed by atoms with E-state index in [9.17, 15) is 33.6 Å². The number of aromatic nitrogens is 4. The molecule has 2 saturated heterocycles. The van der Waals surface area contributed by atoms with Gasteiger partial charge in [0.2, 0.25) is 29.5 Å². The van der Waals surface area contributed by atoms with Gasteiger partial charge in [-0.3, -0.25) is 38.5 Å². The summed E-state index contributed by atoms with van der Waals surface area (Å²) in [5.41, 5.74) is 0.993. The van der Waals surface area contributed by atoms with Gasteiger partial charge in [0, 0.05) is 65.4 Å². The SMILES string of the molecule is CC[C@H](C)[C@@H]([C@H](CC(=O)N1CCC[C@H]1[C@H](OC)[C@@H](C)C(=O)N[C@@H](Cc1ccccc1)c1nnn[nH]1)OC)N(C)C(=O)[C@@H](NC(=O)[C@@H]1[C@H]2CC[C@H](C2)N1C(=O)CCCCCN1C(=O)C=CC1=O)C(C)C. The van der Waals surface area contributed by atoms with Gasteiger partial charge in [0.05, 0.1) is 42.7 Å². The Hall–Kier alpha value is -5.56. The summed E-state index contributed by atoms with van der Waals surface area (Å²) in [5.74, 6) is -2.47. The van der Waals surface area contributed by atoms with E-state index in [1.54, 1.807) is 42.9 Å². The molecule has 7 amide bonds. The van der Waals surface area contributed by atoms with Gasteiger partial charge in [0.15, 0.2) is 5.82 Å². The number of piperidine rings is 1. The largest absolute Gasteiger partial charge is 0.379 e. The van der Waals surface area contributed by atoms with Crippen molar-refractivity contribution >= 4 is 41.4 Å². The molecule has 3 N–H and O–H groups in total. The normalized spacial score (nSPS) is 22.9. The van der Waals surface area contributed by atoms with Crippen LogP contribution in [0.1, 0.15) is 123 Å². The van der Waals surface area contributed by atoms with Crippen molar-refractivity contribution in [2.45, 2.75) is 160 Å². The number of likely N-dealkylation sites (tertiary alicyclic amines) is 2. The zero-order valence-electron chi connectivity index (χ0n) is 41.7. The van der Waals surface area contributed by atoms with Crippen LogP contribution in [0.2, 0.25) is 0 Å². The number of nitrogens with zero attached hydrogens (tertiary/aromatic N) is 7. The van der Waals surface area contributed by atoms with E-state index in [1.165, 1.54) is 17.1 Å². The van der Waals surface area contributed by atoms with Crippen LogP contribution < -0.4 is 10.6 Å². The number of ether oxygens (including phenoxy) is 2. The number of carbonyl (C=O) groups excluding carboxylic acids is 7. The standard InChI is InChI=1S/C50H74N10O9/c1-9-31(4)44(38(68-7)29-42(64)58-26-16-19-37(58)46(69-8)32(5)48(65)51-36(47-53-55-56-54-47)27-33-17-12-10-13-18-33)57(6)50(67)43(30(2)3)52-49(66)45-34-21-22-35(28-34)60(45)41(63)20-14-11-15-25-59-39(61)23-24-40(59)62/h10,12-13,17-18,23-24,30-32,34-38,43-46H,9,11,14-16,19-22,25-29H2,1-8H3,(H,51,65)(H,52,66)(H,53,54,55,56)/t31-,32+,34-,35+,36-,37-,38-,43-,44-,45-,46+/m0/s1. The lowest BCUT2D eigenvalue weighted by Crippen LogP contribution is -2.60. The van der Waals surface area contributed by atoms with E-state index in [-0.39, 0.29) is 78.0 Å². The third-order valence-corrected chi connectivity index (χ3v) is 15.1. The molecule has 4 heterocycles. The minimum absolute atomic E-state index is 0.00564. The van der Waals surface area contributed by atoms with E-state index < -0.39 is 48.3 Å². The zero-order chi connectivity index (χ0) is 49.9. The molecule has 19 nitrogen and oxygen atoms in total. The second kappa shape index (κ2) is 24.3. The second-order valence-corrected chi connectivity index (χ2v) is 19.8. The summed E-state index contributed by atoms with van der Waals surface area (Å²) < 4.78 is 12.1. The minimum atomic E-state index is -0.908. The monoisotopic (exact) mass is 959 g/mol. The minimum Gasteiger partial charge on any atom is -0.379 e. The molecule has 378 valence electrons. The van der Waals surface area contributed by atoms with Crippen molar-refractivity contribution in [1.82, 2.24) is 50.9 Å². The maximum absolute atomic E-state index is 14.7. The fraction of sp³-hybridized carbons (Fsp3) is 0.680. The Morgan fingerprint density at radius 2 is 1.64 bits per heavy atom. The average Bonchev–Trinajstić information content (AvgIpc) is 4.22. The van der Waals surface area contributed by atoms with E-state index in [2.05, 4.69) is 31.3 Å². The van der Waals surface area contributed by atoms with E-state index >= 15 is 0 Å². The van der Waals surface area contributed by atoms with Gasteiger partial charge >= 0.3 is 0 Å². The molecular formula is C50H74N10O9. The van der Waals surface area contributed by atoms with Crippen LogP contribution >= 0.6 is 0 Å². The van der Waals surface area contributed by atoms with Crippen LogP contribution in [0.15, 0.2) is 42.5 Å². The van der Waals surface area contributed by atoms with E-state index in [4.69, 9.17) is 9.47 Å². The number of hydrogen-bond acceptors (Lipinski definition) is 12. The lowest BCUT2D eigenvalue weighted by atomic mass is 9.89. The van der Waals surface area contributed by atoms with Crippen molar-refractivity contribution < 1.29 is 43.0 Å². The highest BCUT2D eigenvalue weighted by Crippen LogP contribution is 2.43. The van der Waals surface area contributed by atoms with Crippen LogP contribution in [-0.2, 0) is 49.5 Å². The molecule has 1 saturated carbocycles. The first-order chi connectivity index (χ1) is 33.1. The van der Waals surface area contributed by atoms with Gasteiger partial charge in [-0.2, -0.15) is 0 Å². The molecule has 0 spiro atoms. The van der Waals surface area contributed by atoms with E-state index in [0.29, 0.717) is 57.4 Å². The van der Waals surface area contributed by atoms with Crippen LogP contribution in [0.3, 0.4) is 0 Å². The zero-order valence-corrected chi connectivity index (χ0v) is 41.7. The highest BCUT2D eigenvalue weighted by Gasteiger charge is 2.52. The quantitative estimate of drug-likeness (QED) is 0.0960. The predicted molar refractivity (Wildman–Crippen MR) is 254 cm³/mol. The molecule has 0 radical (unpaired) electrons. The number of carbonyl (C=O) groups is 7. The molecule has 2 bridgehead atoms.